The summed E-state index contributed by atoms with van der Waals surface area (Å²) in [6.07, 6.45) is 2.62. The molecule has 0 saturated heterocycles. The number of aromatic nitrogens is 4. The molecule has 0 radical (unpaired) electrons. The maximum absolute atomic E-state index is 4.57. The van der Waals surface area contributed by atoms with E-state index in [0.717, 1.165) is 22.9 Å². The number of nitrogens with zero attached hydrogens (tertiary/aromatic N) is 4. The minimum absolute atomic E-state index is 0.711. The molecule has 0 amide bonds. The second-order valence-electron chi connectivity index (χ2n) is 5.24. The maximum atomic E-state index is 4.57. The van der Waals surface area contributed by atoms with E-state index in [-0.39, 0.29) is 0 Å². The van der Waals surface area contributed by atoms with Gasteiger partial charge < -0.3 is 0 Å². The summed E-state index contributed by atoms with van der Waals surface area (Å²) in [5.74, 6) is 1.76. The average Bonchev–Trinajstić information content (AvgIpc) is 2.79. The minimum atomic E-state index is 0.711. The van der Waals surface area contributed by atoms with Crippen LogP contribution in [0.1, 0.15) is 22.8 Å². The third kappa shape index (κ3) is 2.84. The van der Waals surface area contributed by atoms with Gasteiger partial charge >= 0.3 is 0 Å². The quantitative estimate of drug-likeness (QED) is 0.739. The van der Waals surface area contributed by atoms with E-state index in [2.05, 4.69) is 46.3 Å². The molecule has 0 spiro atoms. The summed E-state index contributed by atoms with van der Waals surface area (Å²) in [5.41, 5.74) is 4.54. The number of aryl methyl sites for hydroxylation is 3. The van der Waals surface area contributed by atoms with Gasteiger partial charge in [0.1, 0.15) is 5.82 Å². The predicted octanol–water partition coefficient (Wildman–Crippen LogP) is 3.08. The van der Waals surface area contributed by atoms with E-state index >= 15 is 0 Å². The van der Waals surface area contributed by atoms with E-state index < -0.39 is 0 Å². The zero-order valence-corrected chi connectivity index (χ0v) is 12.5. The van der Waals surface area contributed by atoms with Crippen molar-refractivity contribution < 1.29 is 0 Å². The van der Waals surface area contributed by atoms with Crippen molar-refractivity contribution in [3.05, 3.63) is 65.4 Å². The minimum Gasteiger partial charge on any atom is -0.256 e. The van der Waals surface area contributed by atoms with Crippen molar-refractivity contribution in [3.63, 3.8) is 0 Å². The van der Waals surface area contributed by atoms with Gasteiger partial charge in [-0.15, -0.1) is 0 Å². The molecule has 0 N–H and O–H groups in total. The smallest absolute Gasteiger partial charge is 0.155 e. The fraction of sp³-hybridized carbons (Fsp3) is 0.235. The molecule has 106 valence electrons. The lowest BCUT2D eigenvalue weighted by molar-refractivity contribution is 0.724. The Balaban J connectivity index is 1.83. The molecule has 3 rings (SSSR count). The fourth-order valence-electron chi connectivity index (χ4n) is 2.33. The molecule has 2 heterocycles. The Bertz CT molecular complexity index is 737. The normalized spacial score (nSPS) is 10.8. The van der Waals surface area contributed by atoms with Gasteiger partial charge in [0.05, 0.1) is 5.69 Å². The second kappa shape index (κ2) is 5.48. The van der Waals surface area contributed by atoms with E-state index in [4.69, 9.17) is 0 Å². The molecule has 0 aliphatic heterocycles. The largest absolute Gasteiger partial charge is 0.256 e. The first-order valence-corrected chi connectivity index (χ1v) is 7.01. The Morgan fingerprint density at radius 1 is 1.05 bits per heavy atom. The fourth-order valence-corrected chi connectivity index (χ4v) is 2.33. The number of pyridine rings is 1. The van der Waals surface area contributed by atoms with Crippen LogP contribution in [0, 0.1) is 13.8 Å². The van der Waals surface area contributed by atoms with Gasteiger partial charge in [-0.05, 0) is 31.0 Å². The number of hydrogen-bond donors (Lipinski definition) is 0. The molecule has 0 unspecified atom stereocenters. The maximum Gasteiger partial charge on any atom is 0.155 e. The van der Waals surface area contributed by atoms with Crippen LogP contribution in [0.3, 0.4) is 0 Å². The highest BCUT2D eigenvalue weighted by Gasteiger charge is 2.06. The van der Waals surface area contributed by atoms with E-state index in [9.17, 15) is 0 Å². The van der Waals surface area contributed by atoms with Crippen LogP contribution >= 0.6 is 0 Å². The summed E-state index contributed by atoms with van der Waals surface area (Å²) in [4.78, 5) is 9.00. The van der Waals surface area contributed by atoms with Crippen LogP contribution in [0.2, 0.25) is 0 Å². The first-order valence-electron chi connectivity index (χ1n) is 7.01. The van der Waals surface area contributed by atoms with Crippen molar-refractivity contribution in [2.75, 3.05) is 0 Å². The SMILES string of the molecule is Cc1ccccc1-c1ccc(Cc2nc(C)n(C)n2)cn1. The summed E-state index contributed by atoms with van der Waals surface area (Å²) in [7, 11) is 1.91. The lowest BCUT2D eigenvalue weighted by Gasteiger charge is -2.05. The molecule has 0 atom stereocenters. The molecule has 2 aromatic heterocycles. The monoisotopic (exact) mass is 278 g/mol. The number of benzene rings is 1. The third-order valence-electron chi connectivity index (χ3n) is 3.63. The molecular formula is C17H18N4. The summed E-state index contributed by atoms with van der Waals surface area (Å²) in [6, 6.07) is 12.4. The van der Waals surface area contributed by atoms with Gasteiger partial charge in [-0.3, -0.25) is 9.67 Å². The van der Waals surface area contributed by atoms with Crippen LogP contribution in [0.4, 0.5) is 0 Å². The number of hydrogen-bond acceptors (Lipinski definition) is 3. The van der Waals surface area contributed by atoms with Crippen LogP contribution < -0.4 is 0 Å². The topological polar surface area (TPSA) is 43.6 Å². The molecule has 0 aliphatic rings. The molecule has 0 bridgehead atoms. The molecular weight excluding hydrogens is 260 g/mol. The molecule has 4 heteroatoms. The Morgan fingerprint density at radius 2 is 1.86 bits per heavy atom. The summed E-state index contributed by atoms with van der Waals surface area (Å²) in [5, 5.41) is 4.38. The molecule has 0 fully saturated rings. The Kier molecular flexibility index (Phi) is 3.52. The van der Waals surface area contributed by atoms with Crippen molar-refractivity contribution in [1.29, 1.82) is 0 Å². The first kappa shape index (κ1) is 13.5. The standard InChI is InChI=1S/C17H18N4/c1-12-6-4-5-7-15(12)16-9-8-14(11-18-16)10-17-19-13(2)21(3)20-17/h4-9,11H,10H2,1-3H3. The highest BCUT2D eigenvalue weighted by molar-refractivity contribution is 5.63. The second-order valence-corrected chi connectivity index (χ2v) is 5.24. The Hall–Kier alpha value is -2.49. The van der Waals surface area contributed by atoms with Crippen LogP contribution in [0.15, 0.2) is 42.6 Å². The molecule has 1 aromatic carbocycles. The number of rotatable bonds is 3. The van der Waals surface area contributed by atoms with Crippen molar-refractivity contribution in [3.8, 4) is 11.3 Å². The summed E-state index contributed by atoms with van der Waals surface area (Å²) < 4.78 is 1.80. The van der Waals surface area contributed by atoms with E-state index in [1.807, 2.05) is 32.3 Å². The van der Waals surface area contributed by atoms with E-state index in [1.54, 1.807) is 4.68 Å². The Morgan fingerprint density at radius 3 is 2.48 bits per heavy atom. The van der Waals surface area contributed by atoms with Gasteiger partial charge in [-0.25, -0.2) is 4.98 Å². The van der Waals surface area contributed by atoms with Gasteiger partial charge in [0.15, 0.2) is 5.82 Å². The van der Waals surface area contributed by atoms with Gasteiger partial charge in [-0.2, -0.15) is 5.10 Å². The third-order valence-corrected chi connectivity index (χ3v) is 3.63. The molecule has 0 aliphatic carbocycles. The molecule has 0 saturated carbocycles. The predicted molar refractivity (Wildman–Crippen MR) is 83.0 cm³/mol. The summed E-state index contributed by atoms with van der Waals surface area (Å²) >= 11 is 0. The van der Waals surface area contributed by atoms with Crippen LogP contribution in [0.25, 0.3) is 11.3 Å². The van der Waals surface area contributed by atoms with Gasteiger partial charge in [0.25, 0.3) is 0 Å². The van der Waals surface area contributed by atoms with Gasteiger partial charge in [0.2, 0.25) is 0 Å². The molecule has 3 aromatic rings. The zero-order valence-electron chi connectivity index (χ0n) is 12.5. The lowest BCUT2D eigenvalue weighted by Crippen LogP contribution is -1.95. The highest BCUT2D eigenvalue weighted by Crippen LogP contribution is 2.21. The van der Waals surface area contributed by atoms with E-state index in [0.29, 0.717) is 6.42 Å². The van der Waals surface area contributed by atoms with Crippen LogP contribution in [0.5, 0.6) is 0 Å². The highest BCUT2D eigenvalue weighted by atomic mass is 15.3. The van der Waals surface area contributed by atoms with Gasteiger partial charge in [-0.1, -0.05) is 30.3 Å². The van der Waals surface area contributed by atoms with Crippen molar-refractivity contribution in [1.82, 2.24) is 19.7 Å². The lowest BCUT2D eigenvalue weighted by atomic mass is 10.0. The van der Waals surface area contributed by atoms with Crippen molar-refractivity contribution in [2.24, 2.45) is 7.05 Å². The van der Waals surface area contributed by atoms with Crippen molar-refractivity contribution >= 4 is 0 Å². The summed E-state index contributed by atoms with van der Waals surface area (Å²) in [6.45, 7) is 4.06. The van der Waals surface area contributed by atoms with Crippen molar-refractivity contribution in [2.45, 2.75) is 20.3 Å². The zero-order chi connectivity index (χ0) is 14.8. The van der Waals surface area contributed by atoms with Gasteiger partial charge in [0, 0.05) is 25.2 Å². The Labute approximate surface area is 124 Å². The van der Waals surface area contributed by atoms with Crippen LogP contribution in [-0.2, 0) is 13.5 Å². The molecule has 21 heavy (non-hydrogen) atoms. The molecule has 4 nitrogen and oxygen atoms in total. The van der Waals surface area contributed by atoms with Crippen LogP contribution in [-0.4, -0.2) is 19.7 Å². The first-order chi connectivity index (χ1) is 10.1. The van der Waals surface area contributed by atoms with E-state index in [1.165, 1.54) is 11.1 Å². The average molecular weight is 278 g/mol.